The number of nitrogens with zero attached hydrogens (tertiary/aromatic N) is 1. The number of aryl methyl sites for hydroxylation is 4. The minimum absolute atomic E-state index is 0.242. The molecule has 28 heavy (non-hydrogen) atoms. The lowest BCUT2D eigenvalue weighted by Gasteiger charge is -2.08. The molecule has 0 radical (unpaired) electrons. The zero-order valence-corrected chi connectivity index (χ0v) is 17.0. The Bertz CT molecular complexity index is 1030. The third-order valence-electron chi connectivity index (χ3n) is 4.16. The molecule has 0 saturated carbocycles. The van der Waals surface area contributed by atoms with Crippen LogP contribution in [0.3, 0.4) is 0 Å². The number of aromatic nitrogens is 1. The Morgan fingerprint density at radius 1 is 0.857 bits per heavy atom. The Labute approximate surface area is 168 Å². The summed E-state index contributed by atoms with van der Waals surface area (Å²) in [5, 5.41) is 8.70. The molecule has 0 atom stereocenters. The molecule has 0 spiro atoms. The fourth-order valence-corrected chi connectivity index (χ4v) is 3.55. The van der Waals surface area contributed by atoms with Gasteiger partial charge < -0.3 is 10.6 Å². The molecule has 2 aromatic carbocycles. The minimum atomic E-state index is -0.404. The van der Waals surface area contributed by atoms with Gasteiger partial charge in [0.2, 0.25) is 0 Å². The number of thiazole rings is 1. The van der Waals surface area contributed by atoms with Gasteiger partial charge in [0.15, 0.2) is 5.13 Å². The topological polar surface area (TPSA) is 83.1 Å². The quantitative estimate of drug-likeness (QED) is 0.563. The maximum absolute atomic E-state index is 12.6. The van der Waals surface area contributed by atoms with Crippen molar-refractivity contribution in [2.24, 2.45) is 0 Å². The van der Waals surface area contributed by atoms with E-state index in [2.05, 4.69) is 20.9 Å². The van der Waals surface area contributed by atoms with Crippen molar-refractivity contribution in [2.45, 2.75) is 27.7 Å². The molecule has 6 nitrogen and oxygen atoms in total. The molecule has 0 aliphatic rings. The summed E-state index contributed by atoms with van der Waals surface area (Å²) in [5.41, 5.74) is 5.25. The van der Waals surface area contributed by atoms with Gasteiger partial charge in [0.1, 0.15) is 4.88 Å². The largest absolute Gasteiger partial charge is 0.325 e. The summed E-state index contributed by atoms with van der Waals surface area (Å²) in [4.78, 5) is 29.5. The normalized spacial score (nSPS) is 10.4. The molecule has 0 aliphatic carbocycles. The Hall–Kier alpha value is -3.19. The molecule has 3 rings (SSSR count). The molecule has 3 aromatic rings. The van der Waals surface area contributed by atoms with Crippen molar-refractivity contribution in [2.75, 3.05) is 16.0 Å². The summed E-state index contributed by atoms with van der Waals surface area (Å²) in [7, 11) is 0. The van der Waals surface area contributed by atoms with E-state index < -0.39 is 6.03 Å². The molecule has 0 fully saturated rings. The predicted octanol–water partition coefficient (Wildman–Crippen LogP) is 5.27. The first-order valence-corrected chi connectivity index (χ1v) is 9.64. The average Bonchev–Trinajstić information content (AvgIpc) is 2.99. The molecular weight excluding hydrogens is 372 g/mol. The molecule has 0 aliphatic heterocycles. The molecule has 0 saturated heterocycles. The second-order valence-corrected chi connectivity index (χ2v) is 7.65. The number of anilines is 3. The van der Waals surface area contributed by atoms with E-state index in [-0.39, 0.29) is 5.91 Å². The van der Waals surface area contributed by atoms with E-state index in [1.807, 2.05) is 63.2 Å². The van der Waals surface area contributed by atoms with Crippen LogP contribution < -0.4 is 16.0 Å². The van der Waals surface area contributed by atoms with Crippen molar-refractivity contribution < 1.29 is 9.59 Å². The highest BCUT2D eigenvalue weighted by molar-refractivity contribution is 7.17. The summed E-state index contributed by atoms with van der Waals surface area (Å²) < 4.78 is 0. The van der Waals surface area contributed by atoms with Crippen LogP contribution >= 0.6 is 11.3 Å². The smallest absolute Gasteiger partial charge is 0.321 e. The maximum atomic E-state index is 12.6. The highest BCUT2D eigenvalue weighted by Crippen LogP contribution is 2.25. The second kappa shape index (κ2) is 8.22. The van der Waals surface area contributed by atoms with Gasteiger partial charge in [-0.05, 0) is 51.5 Å². The van der Waals surface area contributed by atoms with Gasteiger partial charge in [0.25, 0.3) is 5.91 Å². The van der Waals surface area contributed by atoms with Crippen LogP contribution in [0.2, 0.25) is 0 Å². The van der Waals surface area contributed by atoms with Crippen LogP contribution in [-0.4, -0.2) is 16.9 Å². The van der Waals surface area contributed by atoms with Gasteiger partial charge in [-0.15, -0.1) is 0 Å². The van der Waals surface area contributed by atoms with E-state index in [1.165, 1.54) is 0 Å². The van der Waals surface area contributed by atoms with E-state index in [9.17, 15) is 9.59 Å². The highest BCUT2D eigenvalue weighted by atomic mass is 32.1. The van der Waals surface area contributed by atoms with Crippen molar-refractivity contribution in [3.63, 3.8) is 0 Å². The molecule has 0 bridgehead atoms. The SMILES string of the molecule is Cc1ccc(NC(=O)Nc2nc(C)c(C(=O)Nc3ccc(C)cc3C)s2)cc1. The van der Waals surface area contributed by atoms with Crippen molar-refractivity contribution in [3.8, 4) is 0 Å². The number of amides is 3. The zero-order chi connectivity index (χ0) is 20.3. The molecule has 7 heteroatoms. The third-order valence-corrected chi connectivity index (χ3v) is 5.23. The fourth-order valence-electron chi connectivity index (χ4n) is 2.69. The first kappa shape index (κ1) is 19.6. The van der Waals surface area contributed by atoms with Crippen LogP contribution in [0.5, 0.6) is 0 Å². The number of carbonyl (C=O) groups is 2. The van der Waals surface area contributed by atoms with Crippen LogP contribution in [0.1, 0.15) is 32.1 Å². The lowest BCUT2D eigenvalue weighted by atomic mass is 10.1. The molecule has 3 N–H and O–H groups in total. The number of carbonyl (C=O) groups excluding carboxylic acids is 2. The summed E-state index contributed by atoms with van der Waals surface area (Å²) in [6.07, 6.45) is 0. The van der Waals surface area contributed by atoms with E-state index in [4.69, 9.17) is 0 Å². The van der Waals surface area contributed by atoms with Gasteiger partial charge in [-0.1, -0.05) is 46.7 Å². The van der Waals surface area contributed by atoms with E-state index in [1.54, 1.807) is 6.92 Å². The lowest BCUT2D eigenvalue weighted by molar-refractivity contribution is 0.102. The summed E-state index contributed by atoms with van der Waals surface area (Å²) in [6, 6.07) is 12.9. The zero-order valence-electron chi connectivity index (χ0n) is 16.2. The summed E-state index contributed by atoms with van der Waals surface area (Å²) in [6.45, 7) is 7.68. The molecule has 0 unspecified atom stereocenters. The Balaban J connectivity index is 1.67. The Morgan fingerprint density at radius 3 is 2.21 bits per heavy atom. The van der Waals surface area contributed by atoms with E-state index >= 15 is 0 Å². The van der Waals surface area contributed by atoms with Gasteiger partial charge in [-0.2, -0.15) is 0 Å². The van der Waals surface area contributed by atoms with Crippen LogP contribution in [0.4, 0.5) is 21.3 Å². The number of nitrogens with one attached hydrogen (secondary N) is 3. The molecule has 3 amide bonds. The van der Waals surface area contributed by atoms with Crippen molar-refractivity contribution in [3.05, 3.63) is 69.7 Å². The Kier molecular flexibility index (Phi) is 5.75. The van der Waals surface area contributed by atoms with Crippen molar-refractivity contribution in [1.82, 2.24) is 4.98 Å². The summed E-state index contributed by atoms with van der Waals surface area (Å²) in [5.74, 6) is -0.242. The fraction of sp³-hybridized carbons (Fsp3) is 0.190. The second-order valence-electron chi connectivity index (χ2n) is 6.65. The van der Waals surface area contributed by atoms with Crippen molar-refractivity contribution in [1.29, 1.82) is 0 Å². The Morgan fingerprint density at radius 2 is 1.54 bits per heavy atom. The standard InChI is InChI=1S/C21H22N4O2S/c1-12-5-8-16(9-6-12)23-20(27)25-21-22-15(4)18(28-21)19(26)24-17-10-7-13(2)11-14(17)3/h5-11H,1-4H3,(H,24,26)(H2,22,23,25,27). The van der Waals surface area contributed by atoms with Gasteiger partial charge in [0.05, 0.1) is 5.69 Å². The monoisotopic (exact) mass is 394 g/mol. The van der Waals surface area contributed by atoms with Crippen LogP contribution in [0.25, 0.3) is 0 Å². The van der Waals surface area contributed by atoms with Crippen LogP contribution in [0.15, 0.2) is 42.5 Å². The molecule has 1 aromatic heterocycles. The van der Waals surface area contributed by atoms with Gasteiger partial charge in [0, 0.05) is 11.4 Å². The number of urea groups is 1. The average molecular weight is 395 g/mol. The van der Waals surface area contributed by atoms with Crippen LogP contribution in [-0.2, 0) is 0 Å². The minimum Gasteiger partial charge on any atom is -0.321 e. The van der Waals surface area contributed by atoms with Gasteiger partial charge in [-0.3, -0.25) is 10.1 Å². The predicted molar refractivity (Wildman–Crippen MR) is 115 cm³/mol. The van der Waals surface area contributed by atoms with E-state index in [0.29, 0.717) is 21.4 Å². The first-order chi connectivity index (χ1) is 13.3. The van der Waals surface area contributed by atoms with Gasteiger partial charge >= 0.3 is 6.03 Å². The van der Waals surface area contributed by atoms with E-state index in [0.717, 1.165) is 33.7 Å². The van der Waals surface area contributed by atoms with Crippen molar-refractivity contribution >= 4 is 39.8 Å². The van der Waals surface area contributed by atoms with Crippen LogP contribution in [0, 0.1) is 27.7 Å². The highest BCUT2D eigenvalue weighted by Gasteiger charge is 2.17. The van der Waals surface area contributed by atoms with Gasteiger partial charge in [-0.25, -0.2) is 9.78 Å². The summed E-state index contributed by atoms with van der Waals surface area (Å²) >= 11 is 1.14. The maximum Gasteiger partial charge on any atom is 0.325 e. The first-order valence-electron chi connectivity index (χ1n) is 8.82. The molecule has 144 valence electrons. The number of rotatable bonds is 4. The lowest BCUT2D eigenvalue weighted by Crippen LogP contribution is -2.19. The number of hydrogen-bond donors (Lipinski definition) is 3. The number of benzene rings is 2. The number of hydrogen-bond acceptors (Lipinski definition) is 4. The molecule has 1 heterocycles. The molecular formula is C21H22N4O2S. The third kappa shape index (κ3) is 4.75.